The lowest BCUT2D eigenvalue weighted by atomic mass is 10.1. The van der Waals surface area contributed by atoms with E-state index in [-0.39, 0.29) is 11.8 Å². The summed E-state index contributed by atoms with van der Waals surface area (Å²) in [5.74, 6) is -0.309. The normalized spacial score (nSPS) is 21.3. The SMILES string of the molecule is O=C1c2ccccc2C(=O)N1CCCCC1CO1. The number of benzene rings is 1. The summed E-state index contributed by atoms with van der Waals surface area (Å²) in [7, 11) is 0. The first-order valence-electron chi connectivity index (χ1n) is 6.34. The van der Waals surface area contributed by atoms with E-state index < -0.39 is 0 Å². The van der Waals surface area contributed by atoms with E-state index in [1.807, 2.05) is 0 Å². The molecule has 1 aromatic carbocycles. The Labute approximate surface area is 106 Å². The van der Waals surface area contributed by atoms with Crippen LogP contribution >= 0.6 is 0 Å². The van der Waals surface area contributed by atoms with Gasteiger partial charge in [-0.2, -0.15) is 0 Å². The van der Waals surface area contributed by atoms with Crippen LogP contribution in [-0.2, 0) is 4.74 Å². The molecule has 2 heterocycles. The Hall–Kier alpha value is -1.68. The van der Waals surface area contributed by atoms with Gasteiger partial charge in [-0.15, -0.1) is 0 Å². The van der Waals surface area contributed by atoms with Gasteiger partial charge in [0.1, 0.15) is 0 Å². The summed E-state index contributed by atoms with van der Waals surface area (Å²) in [6.45, 7) is 1.38. The van der Waals surface area contributed by atoms with Crippen molar-refractivity contribution in [2.24, 2.45) is 0 Å². The molecule has 0 spiro atoms. The average Bonchev–Trinajstić information content (AvgIpc) is 3.18. The summed E-state index contributed by atoms with van der Waals surface area (Å²) < 4.78 is 5.13. The van der Waals surface area contributed by atoms with Crippen molar-refractivity contribution in [1.29, 1.82) is 0 Å². The first kappa shape index (κ1) is 11.4. The maximum Gasteiger partial charge on any atom is 0.261 e. The van der Waals surface area contributed by atoms with Crippen LogP contribution in [0.2, 0.25) is 0 Å². The maximum atomic E-state index is 12.0. The summed E-state index contributed by atoms with van der Waals surface area (Å²) in [6, 6.07) is 7.01. The van der Waals surface area contributed by atoms with Crippen molar-refractivity contribution in [2.45, 2.75) is 25.4 Å². The first-order chi connectivity index (χ1) is 8.77. The van der Waals surface area contributed by atoms with E-state index in [1.54, 1.807) is 24.3 Å². The Bertz CT molecular complexity index is 459. The molecule has 4 heteroatoms. The second-order valence-corrected chi connectivity index (χ2v) is 4.76. The number of epoxide rings is 1. The molecule has 1 fully saturated rings. The predicted molar refractivity (Wildman–Crippen MR) is 65.4 cm³/mol. The highest BCUT2D eigenvalue weighted by molar-refractivity contribution is 6.21. The van der Waals surface area contributed by atoms with Gasteiger partial charge in [0, 0.05) is 6.54 Å². The Morgan fingerprint density at radius 1 is 1.11 bits per heavy atom. The second-order valence-electron chi connectivity index (χ2n) is 4.76. The third kappa shape index (κ3) is 2.04. The minimum absolute atomic E-state index is 0.154. The molecule has 2 aliphatic heterocycles. The van der Waals surface area contributed by atoms with Crippen LogP contribution < -0.4 is 0 Å². The van der Waals surface area contributed by atoms with E-state index in [4.69, 9.17) is 4.74 Å². The monoisotopic (exact) mass is 245 g/mol. The van der Waals surface area contributed by atoms with E-state index in [0.717, 1.165) is 25.9 Å². The van der Waals surface area contributed by atoms with E-state index in [2.05, 4.69) is 0 Å². The van der Waals surface area contributed by atoms with Crippen LogP contribution in [0.5, 0.6) is 0 Å². The fourth-order valence-corrected chi connectivity index (χ4v) is 2.32. The number of ether oxygens (including phenoxy) is 1. The van der Waals surface area contributed by atoms with Crippen LogP contribution in [0.1, 0.15) is 40.0 Å². The van der Waals surface area contributed by atoms with Gasteiger partial charge in [-0.3, -0.25) is 14.5 Å². The molecular formula is C14H15NO3. The summed E-state index contributed by atoms with van der Waals surface area (Å²) in [5, 5.41) is 0. The standard InChI is InChI=1S/C14H15NO3/c16-13-11-6-1-2-7-12(11)14(17)15(13)8-4-3-5-10-9-18-10/h1-2,6-7,10H,3-5,8-9H2. The summed E-state index contributed by atoms with van der Waals surface area (Å²) in [5.41, 5.74) is 1.07. The molecule has 3 rings (SSSR count). The molecule has 0 bridgehead atoms. The molecule has 0 N–H and O–H groups in total. The zero-order chi connectivity index (χ0) is 12.5. The van der Waals surface area contributed by atoms with Gasteiger partial charge in [-0.1, -0.05) is 12.1 Å². The smallest absolute Gasteiger partial charge is 0.261 e. The number of carbonyl (C=O) groups excluding carboxylic acids is 2. The van der Waals surface area contributed by atoms with Gasteiger partial charge >= 0.3 is 0 Å². The summed E-state index contributed by atoms with van der Waals surface area (Å²) in [6.07, 6.45) is 3.30. The van der Waals surface area contributed by atoms with E-state index >= 15 is 0 Å². The van der Waals surface area contributed by atoms with Crippen LogP contribution in [0.15, 0.2) is 24.3 Å². The van der Waals surface area contributed by atoms with Gasteiger partial charge in [0.05, 0.1) is 23.8 Å². The van der Waals surface area contributed by atoms with Crippen LogP contribution in [0.25, 0.3) is 0 Å². The van der Waals surface area contributed by atoms with Crippen LogP contribution in [0, 0.1) is 0 Å². The van der Waals surface area contributed by atoms with Gasteiger partial charge in [-0.25, -0.2) is 0 Å². The van der Waals surface area contributed by atoms with Gasteiger partial charge in [0.2, 0.25) is 0 Å². The number of rotatable bonds is 5. The van der Waals surface area contributed by atoms with Crippen molar-refractivity contribution in [1.82, 2.24) is 4.90 Å². The summed E-state index contributed by atoms with van der Waals surface area (Å²) >= 11 is 0. The zero-order valence-electron chi connectivity index (χ0n) is 10.1. The molecule has 94 valence electrons. The Morgan fingerprint density at radius 2 is 1.72 bits per heavy atom. The van der Waals surface area contributed by atoms with Crippen LogP contribution in [0.3, 0.4) is 0 Å². The number of fused-ring (bicyclic) bond motifs is 1. The highest BCUT2D eigenvalue weighted by Gasteiger charge is 2.34. The summed E-state index contributed by atoms with van der Waals surface area (Å²) in [4.78, 5) is 25.4. The lowest BCUT2D eigenvalue weighted by molar-refractivity contribution is 0.0651. The molecule has 1 atom stereocenters. The number of hydrogen-bond acceptors (Lipinski definition) is 3. The Balaban J connectivity index is 1.60. The minimum atomic E-state index is -0.154. The molecule has 0 radical (unpaired) electrons. The van der Waals surface area contributed by atoms with Gasteiger partial charge < -0.3 is 4.74 Å². The fourth-order valence-electron chi connectivity index (χ4n) is 2.32. The van der Waals surface area contributed by atoms with Crippen molar-refractivity contribution in [3.05, 3.63) is 35.4 Å². The van der Waals surface area contributed by atoms with Crippen molar-refractivity contribution in [2.75, 3.05) is 13.2 Å². The zero-order valence-corrected chi connectivity index (χ0v) is 10.1. The Kier molecular flexibility index (Phi) is 2.88. The molecule has 2 aliphatic rings. The second kappa shape index (κ2) is 4.53. The number of nitrogens with zero attached hydrogens (tertiary/aromatic N) is 1. The van der Waals surface area contributed by atoms with E-state index in [9.17, 15) is 9.59 Å². The average molecular weight is 245 g/mol. The highest BCUT2D eigenvalue weighted by atomic mass is 16.6. The molecule has 2 amide bonds. The lowest BCUT2D eigenvalue weighted by Crippen LogP contribution is -2.30. The number of imide groups is 1. The largest absolute Gasteiger partial charge is 0.373 e. The molecule has 1 aromatic rings. The lowest BCUT2D eigenvalue weighted by Gasteiger charge is -2.13. The van der Waals surface area contributed by atoms with E-state index in [1.165, 1.54) is 4.90 Å². The molecule has 1 saturated heterocycles. The van der Waals surface area contributed by atoms with Gasteiger partial charge in [-0.05, 0) is 31.4 Å². The minimum Gasteiger partial charge on any atom is -0.373 e. The van der Waals surface area contributed by atoms with Gasteiger partial charge in [0.25, 0.3) is 11.8 Å². The topological polar surface area (TPSA) is 49.9 Å². The third-order valence-electron chi connectivity index (χ3n) is 3.44. The van der Waals surface area contributed by atoms with Crippen molar-refractivity contribution in [3.63, 3.8) is 0 Å². The van der Waals surface area contributed by atoms with Crippen LogP contribution in [0.4, 0.5) is 0 Å². The molecular weight excluding hydrogens is 230 g/mol. The van der Waals surface area contributed by atoms with Crippen molar-refractivity contribution >= 4 is 11.8 Å². The predicted octanol–water partition coefficient (Wildman–Crippen LogP) is 1.85. The molecule has 0 saturated carbocycles. The van der Waals surface area contributed by atoms with E-state index in [0.29, 0.717) is 23.8 Å². The molecule has 18 heavy (non-hydrogen) atoms. The molecule has 0 aliphatic carbocycles. The number of carbonyl (C=O) groups is 2. The molecule has 1 unspecified atom stereocenters. The van der Waals surface area contributed by atoms with Crippen LogP contribution in [-0.4, -0.2) is 36.0 Å². The number of unbranched alkanes of at least 4 members (excludes halogenated alkanes) is 1. The number of amides is 2. The van der Waals surface area contributed by atoms with Crippen molar-refractivity contribution < 1.29 is 14.3 Å². The third-order valence-corrected chi connectivity index (χ3v) is 3.44. The van der Waals surface area contributed by atoms with Crippen molar-refractivity contribution in [3.8, 4) is 0 Å². The van der Waals surface area contributed by atoms with Gasteiger partial charge in [0.15, 0.2) is 0 Å². The highest BCUT2D eigenvalue weighted by Crippen LogP contribution is 2.23. The first-order valence-corrected chi connectivity index (χ1v) is 6.34. The fraction of sp³-hybridized carbons (Fsp3) is 0.429. The quantitative estimate of drug-likeness (QED) is 0.452. The molecule has 0 aromatic heterocycles. The Morgan fingerprint density at radius 3 is 2.28 bits per heavy atom. The molecule has 4 nitrogen and oxygen atoms in total. The number of hydrogen-bond donors (Lipinski definition) is 0. The maximum absolute atomic E-state index is 12.0.